The van der Waals surface area contributed by atoms with Crippen LogP contribution in [-0.4, -0.2) is 19.1 Å². The smallest absolute Gasteiger partial charge is 0.255 e. The van der Waals surface area contributed by atoms with E-state index in [1.807, 2.05) is 43.3 Å². The minimum absolute atomic E-state index is 0.0709. The van der Waals surface area contributed by atoms with Gasteiger partial charge < -0.3 is 14.8 Å². The number of fused-ring (bicyclic) bond motifs is 1. The number of rotatable bonds is 4. The maximum Gasteiger partial charge on any atom is 0.255 e. The highest BCUT2D eigenvalue weighted by Gasteiger charge is 2.24. The lowest BCUT2D eigenvalue weighted by molar-refractivity contribution is 0.0921. The molecular formula is C18H18BrNO3. The van der Waals surface area contributed by atoms with Gasteiger partial charge in [0.1, 0.15) is 11.5 Å². The highest BCUT2D eigenvalue weighted by atomic mass is 79.9. The highest BCUT2D eigenvalue weighted by Crippen LogP contribution is 2.34. The van der Waals surface area contributed by atoms with E-state index >= 15 is 0 Å². The predicted octanol–water partition coefficient (Wildman–Crippen LogP) is 4.10. The number of ether oxygens (including phenoxy) is 2. The van der Waals surface area contributed by atoms with Crippen molar-refractivity contribution in [1.29, 1.82) is 0 Å². The molecule has 0 aliphatic carbocycles. The average Bonchev–Trinajstić information content (AvgIpc) is 2.56. The second-order valence-electron chi connectivity index (χ2n) is 5.27. The Hall–Kier alpha value is -2.01. The van der Waals surface area contributed by atoms with Crippen LogP contribution in [-0.2, 0) is 0 Å². The van der Waals surface area contributed by atoms with Crippen molar-refractivity contribution < 1.29 is 14.3 Å². The maximum absolute atomic E-state index is 12.7. The summed E-state index contributed by atoms with van der Waals surface area (Å²) in [5, 5.41) is 3.10. The molecule has 3 rings (SSSR count). The van der Waals surface area contributed by atoms with Gasteiger partial charge in [-0.25, -0.2) is 0 Å². The summed E-state index contributed by atoms with van der Waals surface area (Å²) in [5.41, 5.74) is 1.55. The Kier molecular flexibility index (Phi) is 4.86. The Morgan fingerprint density at radius 3 is 3.00 bits per heavy atom. The minimum atomic E-state index is -0.133. The normalized spacial score (nSPS) is 16.2. The second kappa shape index (κ2) is 7.04. The topological polar surface area (TPSA) is 47.6 Å². The van der Waals surface area contributed by atoms with Gasteiger partial charge in [-0.15, -0.1) is 0 Å². The van der Waals surface area contributed by atoms with Crippen molar-refractivity contribution in [3.8, 4) is 11.5 Å². The zero-order chi connectivity index (χ0) is 16.2. The van der Waals surface area contributed by atoms with E-state index in [1.54, 1.807) is 6.07 Å². The SMILES string of the molecule is CCOc1ccccc1C(=O)NC1CCOc2ccc(Br)cc21. The van der Waals surface area contributed by atoms with Gasteiger partial charge in [-0.05, 0) is 37.3 Å². The molecule has 1 aliphatic rings. The van der Waals surface area contributed by atoms with Crippen LogP contribution in [0.1, 0.15) is 35.3 Å². The summed E-state index contributed by atoms with van der Waals surface area (Å²) in [6, 6.07) is 13.1. The van der Waals surface area contributed by atoms with Gasteiger partial charge in [-0.1, -0.05) is 28.1 Å². The van der Waals surface area contributed by atoms with E-state index in [2.05, 4.69) is 21.2 Å². The fourth-order valence-corrected chi connectivity index (χ4v) is 3.07. The zero-order valence-corrected chi connectivity index (χ0v) is 14.4. The van der Waals surface area contributed by atoms with Crippen LogP contribution in [0.3, 0.4) is 0 Å². The first-order valence-electron chi connectivity index (χ1n) is 7.64. The molecule has 2 aromatic carbocycles. The molecule has 120 valence electrons. The van der Waals surface area contributed by atoms with E-state index < -0.39 is 0 Å². The van der Waals surface area contributed by atoms with E-state index in [0.29, 0.717) is 24.5 Å². The largest absolute Gasteiger partial charge is 0.493 e. The Labute approximate surface area is 143 Å². The third-order valence-electron chi connectivity index (χ3n) is 3.75. The lowest BCUT2D eigenvalue weighted by atomic mass is 10.00. The average molecular weight is 376 g/mol. The highest BCUT2D eigenvalue weighted by molar-refractivity contribution is 9.10. The number of hydrogen-bond donors (Lipinski definition) is 1. The molecule has 2 aromatic rings. The quantitative estimate of drug-likeness (QED) is 0.874. The van der Waals surface area contributed by atoms with Crippen LogP contribution in [0.4, 0.5) is 0 Å². The molecule has 4 nitrogen and oxygen atoms in total. The predicted molar refractivity (Wildman–Crippen MR) is 92.1 cm³/mol. The van der Waals surface area contributed by atoms with Crippen LogP contribution in [0, 0.1) is 0 Å². The van der Waals surface area contributed by atoms with Crippen LogP contribution in [0.25, 0.3) is 0 Å². The monoisotopic (exact) mass is 375 g/mol. The van der Waals surface area contributed by atoms with E-state index in [4.69, 9.17) is 9.47 Å². The summed E-state index contributed by atoms with van der Waals surface area (Å²) < 4.78 is 12.2. The second-order valence-corrected chi connectivity index (χ2v) is 6.19. The zero-order valence-electron chi connectivity index (χ0n) is 12.8. The van der Waals surface area contributed by atoms with Gasteiger partial charge in [0, 0.05) is 16.5 Å². The number of nitrogens with one attached hydrogen (secondary N) is 1. The van der Waals surface area contributed by atoms with Crippen molar-refractivity contribution in [2.75, 3.05) is 13.2 Å². The molecule has 1 unspecified atom stereocenters. The molecule has 1 N–H and O–H groups in total. The molecule has 0 saturated heterocycles. The molecule has 1 heterocycles. The van der Waals surface area contributed by atoms with E-state index in [1.165, 1.54) is 0 Å². The molecule has 0 fully saturated rings. The minimum Gasteiger partial charge on any atom is -0.493 e. The van der Waals surface area contributed by atoms with Crippen molar-refractivity contribution in [3.63, 3.8) is 0 Å². The molecule has 0 bridgehead atoms. The lowest BCUT2D eigenvalue weighted by Gasteiger charge is -2.27. The molecule has 0 spiro atoms. The van der Waals surface area contributed by atoms with Crippen LogP contribution in [0.15, 0.2) is 46.9 Å². The van der Waals surface area contributed by atoms with E-state index in [-0.39, 0.29) is 11.9 Å². The van der Waals surface area contributed by atoms with Crippen LogP contribution >= 0.6 is 15.9 Å². The summed E-state index contributed by atoms with van der Waals surface area (Å²) in [6.45, 7) is 3.02. The number of carbonyl (C=O) groups excluding carboxylic acids is 1. The standard InChI is InChI=1S/C18H18BrNO3/c1-2-22-16-6-4-3-5-13(16)18(21)20-15-9-10-23-17-8-7-12(19)11-14(15)17/h3-8,11,15H,2,9-10H2,1H3,(H,20,21). The number of carbonyl (C=O) groups is 1. The number of halogens is 1. The number of amides is 1. The van der Waals surface area contributed by atoms with Gasteiger partial charge in [-0.3, -0.25) is 4.79 Å². The third-order valence-corrected chi connectivity index (χ3v) is 4.24. The number of hydrogen-bond acceptors (Lipinski definition) is 3. The Balaban J connectivity index is 1.83. The van der Waals surface area contributed by atoms with Gasteiger partial charge in [0.25, 0.3) is 5.91 Å². The molecule has 1 atom stereocenters. The van der Waals surface area contributed by atoms with Crippen molar-refractivity contribution in [1.82, 2.24) is 5.32 Å². The van der Waals surface area contributed by atoms with Gasteiger partial charge in [-0.2, -0.15) is 0 Å². The van der Waals surface area contributed by atoms with E-state index in [9.17, 15) is 4.79 Å². The van der Waals surface area contributed by atoms with Gasteiger partial charge in [0.05, 0.1) is 24.8 Å². The third kappa shape index (κ3) is 3.50. The molecule has 0 saturated carbocycles. The molecular weight excluding hydrogens is 358 g/mol. The molecule has 0 aromatic heterocycles. The van der Waals surface area contributed by atoms with Crippen molar-refractivity contribution in [3.05, 3.63) is 58.1 Å². The maximum atomic E-state index is 12.7. The van der Waals surface area contributed by atoms with Crippen molar-refractivity contribution >= 4 is 21.8 Å². The summed E-state index contributed by atoms with van der Waals surface area (Å²) in [6.07, 6.45) is 0.742. The van der Waals surface area contributed by atoms with Crippen LogP contribution in [0.2, 0.25) is 0 Å². The Morgan fingerprint density at radius 1 is 1.35 bits per heavy atom. The van der Waals surface area contributed by atoms with Gasteiger partial charge >= 0.3 is 0 Å². The van der Waals surface area contributed by atoms with Gasteiger partial charge in [0.15, 0.2) is 0 Å². The van der Waals surface area contributed by atoms with Gasteiger partial charge in [0.2, 0.25) is 0 Å². The fraction of sp³-hybridized carbons (Fsp3) is 0.278. The summed E-state index contributed by atoms with van der Waals surface area (Å²) in [4.78, 5) is 12.7. The summed E-state index contributed by atoms with van der Waals surface area (Å²) in [7, 11) is 0. The van der Waals surface area contributed by atoms with Crippen LogP contribution < -0.4 is 14.8 Å². The van der Waals surface area contributed by atoms with Crippen LogP contribution in [0.5, 0.6) is 11.5 Å². The lowest BCUT2D eigenvalue weighted by Crippen LogP contribution is -2.32. The molecule has 1 aliphatic heterocycles. The van der Waals surface area contributed by atoms with E-state index in [0.717, 1.165) is 22.2 Å². The molecule has 1 amide bonds. The fourth-order valence-electron chi connectivity index (χ4n) is 2.69. The number of para-hydroxylation sites is 1. The first kappa shape index (κ1) is 15.9. The van der Waals surface area contributed by atoms with Crippen molar-refractivity contribution in [2.45, 2.75) is 19.4 Å². The van der Waals surface area contributed by atoms with Crippen molar-refractivity contribution in [2.24, 2.45) is 0 Å². The Morgan fingerprint density at radius 2 is 2.17 bits per heavy atom. The molecule has 23 heavy (non-hydrogen) atoms. The first-order chi connectivity index (χ1) is 11.2. The number of benzene rings is 2. The first-order valence-corrected chi connectivity index (χ1v) is 8.43. The molecule has 0 radical (unpaired) electrons. The molecule has 5 heteroatoms. The Bertz CT molecular complexity index is 717. The summed E-state index contributed by atoms with van der Waals surface area (Å²) >= 11 is 3.47. The summed E-state index contributed by atoms with van der Waals surface area (Å²) in [5.74, 6) is 1.30.